The van der Waals surface area contributed by atoms with Crippen LogP contribution in [-0.2, 0) is 26.9 Å². The van der Waals surface area contributed by atoms with Crippen molar-refractivity contribution < 1.29 is 26.7 Å². The van der Waals surface area contributed by atoms with Gasteiger partial charge in [0.05, 0.1) is 31.3 Å². The number of para-hydroxylation sites is 1. The molecule has 0 aliphatic rings. The lowest BCUT2D eigenvalue weighted by Crippen LogP contribution is -2.24. The highest BCUT2D eigenvalue weighted by Crippen LogP contribution is 2.23. The predicted molar refractivity (Wildman–Crippen MR) is 172 cm³/mol. The van der Waals surface area contributed by atoms with E-state index in [0.29, 0.717) is 11.2 Å². The lowest BCUT2D eigenvalue weighted by molar-refractivity contribution is 0.0692. The van der Waals surface area contributed by atoms with Crippen molar-refractivity contribution in [2.45, 2.75) is 107 Å². The number of carboxylic acid groups (broad SMARTS) is 1. The summed E-state index contributed by atoms with van der Waals surface area (Å²) in [7, 11) is -6.41. The highest BCUT2D eigenvalue weighted by atomic mass is 32.2. The minimum atomic E-state index is -4.26. The molecule has 0 bridgehead atoms. The third-order valence-corrected chi connectivity index (χ3v) is 11.7. The van der Waals surface area contributed by atoms with Crippen LogP contribution >= 0.6 is 11.3 Å². The van der Waals surface area contributed by atoms with Gasteiger partial charge >= 0.3 is 5.97 Å². The van der Waals surface area contributed by atoms with Crippen LogP contribution in [0.3, 0.4) is 0 Å². The number of thiazole rings is 1. The summed E-state index contributed by atoms with van der Waals surface area (Å²) >= 11 is 1.29. The Balaban J connectivity index is 1.51. The number of aromatic carboxylic acids is 1. The number of sulfonamides is 1. The number of hydrogen-bond acceptors (Lipinski definition) is 7. The molecule has 2 aromatic carbocycles. The number of aryl methyl sites for hydroxylation is 1. The van der Waals surface area contributed by atoms with Crippen molar-refractivity contribution in [3.63, 3.8) is 0 Å². The van der Waals surface area contributed by atoms with Crippen LogP contribution in [0.1, 0.15) is 107 Å². The first-order valence-electron chi connectivity index (χ1n) is 15.3. The van der Waals surface area contributed by atoms with Crippen LogP contribution in [-0.4, -0.2) is 38.2 Å². The Kier molecular flexibility index (Phi) is 13.7. The molecule has 0 atom stereocenters. The number of fused-ring (bicyclic) bond motifs is 1. The van der Waals surface area contributed by atoms with E-state index in [1.54, 1.807) is 11.6 Å². The summed E-state index contributed by atoms with van der Waals surface area (Å²) < 4.78 is 54.6. The Hall–Kier alpha value is -2.70. The maximum atomic E-state index is 13.0. The van der Waals surface area contributed by atoms with E-state index < -0.39 is 31.4 Å². The molecule has 0 aliphatic carbocycles. The van der Waals surface area contributed by atoms with Gasteiger partial charge in [-0.2, -0.15) is 13.2 Å². The molecular formula is C31H45N3O6S3. The quantitative estimate of drug-likeness (QED) is 0.0999. The average Bonchev–Trinajstić information content (AvgIpc) is 3.31. The summed E-state index contributed by atoms with van der Waals surface area (Å²) in [5.41, 5.74) is 0.313. The molecule has 0 aliphatic heterocycles. The molecule has 0 amide bonds. The fourth-order valence-corrected chi connectivity index (χ4v) is 8.48. The highest BCUT2D eigenvalue weighted by molar-refractivity contribution is 7.91. The number of nitrogens with one attached hydrogen (secondary N) is 1. The molecule has 0 spiro atoms. The Morgan fingerprint density at radius 1 is 0.837 bits per heavy atom. The van der Waals surface area contributed by atoms with Crippen molar-refractivity contribution in [2.24, 2.45) is 12.1 Å². The van der Waals surface area contributed by atoms with E-state index in [-0.39, 0.29) is 15.5 Å². The number of aromatic nitrogens is 1. The molecule has 0 saturated carbocycles. The Morgan fingerprint density at radius 3 is 1.95 bits per heavy atom. The largest absolute Gasteiger partial charge is 0.478 e. The molecule has 0 unspecified atom stereocenters. The lowest BCUT2D eigenvalue weighted by Gasteiger charge is -2.10. The molecule has 3 rings (SSSR count). The summed E-state index contributed by atoms with van der Waals surface area (Å²) in [6.45, 7) is 2.23. The van der Waals surface area contributed by atoms with Crippen LogP contribution in [0.25, 0.3) is 10.2 Å². The van der Waals surface area contributed by atoms with Crippen molar-refractivity contribution in [1.82, 2.24) is 9.40 Å². The van der Waals surface area contributed by atoms with Crippen molar-refractivity contribution >= 4 is 47.4 Å². The maximum Gasteiger partial charge on any atom is 0.337 e. The molecule has 1 heterocycles. The van der Waals surface area contributed by atoms with E-state index in [1.165, 1.54) is 69.1 Å². The van der Waals surface area contributed by atoms with Crippen LogP contribution in [0.4, 0.5) is 0 Å². The van der Waals surface area contributed by atoms with Crippen molar-refractivity contribution in [3.05, 3.63) is 52.8 Å². The fraction of sp³-hybridized carbons (Fsp3) is 0.548. The van der Waals surface area contributed by atoms with Crippen molar-refractivity contribution in [2.75, 3.05) is 5.75 Å². The molecular weight excluding hydrogens is 607 g/mol. The van der Waals surface area contributed by atoms with Crippen LogP contribution in [0.15, 0.2) is 57.4 Å². The first kappa shape index (κ1) is 34.8. The number of unbranched alkanes of at least 4 members (excludes halogenated alkanes) is 13. The number of carboxylic acids is 1. The van der Waals surface area contributed by atoms with E-state index in [0.717, 1.165) is 54.1 Å². The molecule has 0 radical (unpaired) electrons. The lowest BCUT2D eigenvalue weighted by atomic mass is 10.0. The minimum Gasteiger partial charge on any atom is -0.478 e. The SMILES string of the molecule is CCCCCCCCCCCCCCCCS(=O)(=O)c1ccc(S(=O)(=O)N/N=c2\sc3ccccc3n2C)cc1C(=O)O. The van der Waals surface area contributed by atoms with Gasteiger partial charge < -0.3 is 9.67 Å². The van der Waals surface area contributed by atoms with Crippen molar-refractivity contribution in [1.29, 1.82) is 0 Å². The number of sulfone groups is 1. The third kappa shape index (κ3) is 10.5. The second-order valence-electron chi connectivity index (χ2n) is 11.0. The summed E-state index contributed by atoms with van der Waals surface area (Å²) in [5.74, 6) is -1.70. The second-order valence-corrected chi connectivity index (χ2v) is 15.7. The van der Waals surface area contributed by atoms with Gasteiger partial charge in [-0.05, 0) is 36.8 Å². The molecule has 0 saturated heterocycles. The number of benzene rings is 2. The van der Waals surface area contributed by atoms with Gasteiger partial charge in [0.25, 0.3) is 10.0 Å². The fourth-order valence-electron chi connectivity index (χ4n) is 5.05. The zero-order chi connectivity index (χ0) is 31.3. The Morgan fingerprint density at radius 2 is 1.40 bits per heavy atom. The second kappa shape index (κ2) is 17.0. The summed E-state index contributed by atoms with van der Waals surface area (Å²) in [5, 5.41) is 13.8. The van der Waals surface area contributed by atoms with E-state index in [9.17, 15) is 26.7 Å². The van der Waals surface area contributed by atoms with Crippen LogP contribution < -0.4 is 9.63 Å². The maximum absolute atomic E-state index is 13.0. The minimum absolute atomic E-state index is 0.187. The Labute approximate surface area is 260 Å². The topological polar surface area (TPSA) is 135 Å². The normalized spacial score (nSPS) is 12.7. The van der Waals surface area contributed by atoms with Gasteiger partial charge in [0.2, 0.25) is 4.80 Å². The van der Waals surface area contributed by atoms with Gasteiger partial charge in [-0.3, -0.25) is 0 Å². The zero-order valence-electron chi connectivity index (χ0n) is 25.3. The summed E-state index contributed by atoms with van der Waals surface area (Å²) in [4.78, 5) is 13.8. The summed E-state index contributed by atoms with van der Waals surface area (Å²) in [6.07, 6.45) is 16.0. The van der Waals surface area contributed by atoms with Gasteiger partial charge in [-0.15, -0.1) is 5.10 Å². The van der Waals surface area contributed by atoms with E-state index in [1.807, 2.05) is 24.3 Å². The molecule has 0 fully saturated rings. The Bertz CT molecular complexity index is 1630. The molecule has 12 heteroatoms. The number of nitrogens with zero attached hydrogens (tertiary/aromatic N) is 2. The highest BCUT2D eigenvalue weighted by Gasteiger charge is 2.25. The average molecular weight is 652 g/mol. The molecule has 43 heavy (non-hydrogen) atoms. The standard InChI is InChI=1S/C31H45N3O6S3/c1-3-4-5-6-7-8-9-10-11-12-13-14-15-18-23-42(37,38)29-22-21-25(24-26(29)30(35)36)43(39,40)33-32-31-34(2)27-19-16-17-20-28(27)41-31/h16-17,19-22,24,33H,3-15,18,23H2,1-2H3,(H,35,36)/b32-31-. The van der Waals surface area contributed by atoms with E-state index >= 15 is 0 Å². The van der Waals surface area contributed by atoms with Gasteiger partial charge in [0.15, 0.2) is 9.84 Å². The zero-order valence-corrected chi connectivity index (χ0v) is 27.7. The van der Waals surface area contributed by atoms with Crippen LogP contribution in [0.2, 0.25) is 0 Å². The van der Waals surface area contributed by atoms with Crippen LogP contribution in [0.5, 0.6) is 0 Å². The van der Waals surface area contributed by atoms with Gasteiger partial charge in [0.1, 0.15) is 0 Å². The van der Waals surface area contributed by atoms with Crippen LogP contribution in [0, 0.1) is 0 Å². The molecule has 1 aromatic heterocycles. The number of carbonyl (C=O) groups is 1. The monoisotopic (exact) mass is 651 g/mol. The predicted octanol–water partition coefficient (Wildman–Crippen LogP) is 6.99. The summed E-state index contributed by atoms with van der Waals surface area (Å²) in [6, 6.07) is 10.6. The first-order valence-corrected chi connectivity index (χ1v) is 19.2. The first-order chi connectivity index (χ1) is 20.6. The number of hydrogen-bond donors (Lipinski definition) is 2. The number of rotatable bonds is 20. The third-order valence-electron chi connectivity index (χ3n) is 7.57. The molecule has 9 nitrogen and oxygen atoms in total. The van der Waals surface area contributed by atoms with E-state index in [4.69, 9.17) is 0 Å². The molecule has 2 N–H and O–H groups in total. The van der Waals surface area contributed by atoms with Gasteiger partial charge in [-0.1, -0.05) is 114 Å². The van der Waals surface area contributed by atoms with Gasteiger partial charge in [-0.25, -0.2) is 13.2 Å². The molecule has 238 valence electrons. The van der Waals surface area contributed by atoms with E-state index in [2.05, 4.69) is 16.9 Å². The smallest absolute Gasteiger partial charge is 0.337 e. The van der Waals surface area contributed by atoms with Gasteiger partial charge in [0, 0.05) is 7.05 Å². The molecule has 3 aromatic rings. The van der Waals surface area contributed by atoms with Crippen molar-refractivity contribution in [3.8, 4) is 0 Å².